The topological polar surface area (TPSA) is 67.7 Å². The Morgan fingerprint density at radius 1 is 1.23 bits per heavy atom. The average molecular weight is 311 g/mol. The van der Waals surface area contributed by atoms with Crippen LogP contribution in [0.3, 0.4) is 0 Å². The summed E-state index contributed by atoms with van der Waals surface area (Å²) in [5.74, 6) is 1.86. The van der Waals surface area contributed by atoms with Crippen molar-refractivity contribution < 1.29 is 14.6 Å². The van der Waals surface area contributed by atoms with Crippen LogP contribution >= 0.6 is 0 Å². The summed E-state index contributed by atoms with van der Waals surface area (Å²) in [6.45, 7) is 13.9. The fraction of sp³-hybridized carbons (Fsp3) is 0.750. The minimum atomic E-state index is 0.0893. The lowest BCUT2D eigenvalue weighted by molar-refractivity contribution is 0.0777. The molecule has 1 aromatic heterocycles. The number of aliphatic hydroxyl groups excluding tert-OH is 1. The van der Waals surface area contributed by atoms with Gasteiger partial charge >= 0.3 is 0 Å². The Kier molecular flexibility index (Phi) is 8.30. The summed E-state index contributed by atoms with van der Waals surface area (Å²) in [6, 6.07) is 0. The zero-order valence-electron chi connectivity index (χ0n) is 14.4. The van der Waals surface area contributed by atoms with Gasteiger partial charge in [0.15, 0.2) is 0 Å². The molecule has 2 aliphatic rings. The van der Waals surface area contributed by atoms with Crippen molar-refractivity contribution in [3.05, 3.63) is 17.1 Å². The zero-order valence-corrected chi connectivity index (χ0v) is 14.4. The molecule has 0 radical (unpaired) electrons. The van der Waals surface area contributed by atoms with Crippen LogP contribution in [0, 0.1) is 6.92 Å². The van der Waals surface area contributed by atoms with E-state index in [1.807, 2.05) is 27.7 Å². The maximum atomic E-state index is 7.57. The molecule has 126 valence electrons. The summed E-state index contributed by atoms with van der Waals surface area (Å²) in [6.07, 6.45) is 0.0893. The highest BCUT2D eigenvalue weighted by atomic mass is 16.5. The van der Waals surface area contributed by atoms with Gasteiger partial charge in [-0.15, -0.1) is 0 Å². The highest BCUT2D eigenvalue weighted by Gasteiger charge is 2.28. The minimum absolute atomic E-state index is 0.0893. The van der Waals surface area contributed by atoms with E-state index in [4.69, 9.17) is 14.6 Å². The van der Waals surface area contributed by atoms with Gasteiger partial charge in [0.05, 0.1) is 31.6 Å². The minimum Gasteiger partial charge on any atom is -0.397 e. The third-order valence-electron chi connectivity index (χ3n) is 3.30. The molecule has 0 saturated carbocycles. The van der Waals surface area contributed by atoms with Gasteiger partial charge < -0.3 is 19.5 Å². The molecule has 1 aromatic rings. The molecule has 1 N–H and O–H groups in total. The second kappa shape index (κ2) is 9.71. The first-order chi connectivity index (χ1) is 10.7. The van der Waals surface area contributed by atoms with E-state index in [2.05, 4.69) is 14.9 Å². The van der Waals surface area contributed by atoms with Crippen LogP contribution in [-0.2, 0) is 16.1 Å². The number of nitrogens with zero attached hydrogens (tertiary/aromatic N) is 3. The number of fused-ring (bicyclic) bond motifs is 1. The Bertz CT molecular complexity index is 449. The second-order valence-electron chi connectivity index (χ2n) is 4.83. The van der Waals surface area contributed by atoms with Crippen LogP contribution in [-0.4, -0.2) is 48.0 Å². The van der Waals surface area contributed by atoms with Crippen molar-refractivity contribution in [2.24, 2.45) is 0 Å². The molecule has 3 rings (SSSR count). The summed E-state index contributed by atoms with van der Waals surface area (Å²) in [4.78, 5) is 11.4. The van der Waals surface area contributed by atoms with E-state index in [0.717, 1.165) is 49.2 Å². The van der Waals surface area contributed by atoms with Crippen molar-refractivity contribution in [3.63, 3.8) is 0 Å². The Hall–Kier alpha value is -1.24. The summed E-state index contributed by atoms with van der Waals surface area (Å²) in [7, 11) is 0. The van der Waals surface area contributed by atoms with Crippen LogP contribution in [0.15, 0.2) is 0 Å². The lowest BCUT2D eigenvalue weighted by atomic mass is 10.1. The molecule has 0 amide bonds. The van der Waals surface area contributed by atoms with E-state index in [1.165, 1.54) is 0 Å². The molecule has 0 bridgehead atoms. The van der Waals surface area contributed by atoms with Crippen LogP contribution in [0.4, 0.5) is 5.82 Å². The number of aromatic nitrogens is 2. The van der Waals surface area contributed by atoms with E-state index in [0.29, 0.717) is 6.61 Å². The fourth-order valence-corrected chi connectivity index (χ4v) is 2.40. The molecule has 1 atom stereocenters. The van der Waals surface area contributed by atoms with Crippen LogP contribution < -0.4 is 4.90 Å². The van der Waals surface area contributed by atoms with Crippen LogP contribution in [0.2, 0.25) is 0 Å². The molecule has 1 fully saturated rings. The monoisotopic (exact) mass is 311 g/mol. The third kappa shape index (κ3) is 4.63. The van der Waals surface area contributed by atoms with Gasteiger partial charge in [0, 0.05) is 25.3 Å². The molecular formula is C16H29N3O3. The van der Waals surface area contributed by atoms with Gasteiger partial charge in [-0.2, -0.15) is 0 Å². The number of ether oxygens (including phenoxy) is 2. The lowest BCUT2D eigenvalue weighted by Crippen LogP contribution is -2.37. The van der Waals surface area contributed by atoms with E-state index in [-0.39, 0.29) is 12.7 Å². The first-order valence-electron chi connectivity index (χ1n) is 8.10. The van der Waals surface area contributed by atoms with Crippen molar-refractivity contribution in [1.29, 1.82) is 0 Å². The number of hydrogen-bond acceptors (Lipinski definition) is 6. The van der Waals surface area contributed by atoms with Gasteiger partial charge in [-0.05, 0) is 20.8 Å². The van der Waals surface area contributed by atoms with Crippen molar-refractivity contribution in [1.82, 2.24) is 9.97 Å². The van der Waals surface area contributed by atoms with Gasteiger partial charge in [0.1, 0.15) is 11.6 Å². The zero-order chi connectivity index (χ0) is 16.5. The Balaban J connectivity index is 0.000000435. The standard InChI is InChI=1S/C12H17N3O2.C2H6O.C2H6/c1-8-11-10(7-17-8)12(14-9(2)13-11)15-3-5-16-6-4-15;1-2-3;1-2/h8H,3-7H2,1-2H3;3H,2H2,1H3;1-2H3. The maximum Gasteiger partial charge on any atom is 0.138 e. The number of aryl methyl sites for hydroxylation is 1. The SMILES string of the molecule is CC.CCO.Cc1nc2c(c(N3CCOCC3)n1)COC2C. The van der Waals surface area contributed by atoms with Gasteiger partial charge in [0.2, 0.25) is 0 Å². The average Bonchev–Trinajstić information content (AvgIpc) is 2.91. The fourth-order valence-electron chi connectivity index (χ4n) is 2.40. The van der Waals surface area contributed by atoms with E-state index in [1.54, 1.807) is 6.92 Å². The Labute approximate surface area is 133 Å². The van der Waals surface area contributed by atoms with Gasteiger partial charge in [-0.1, -0.05) is 13.8 Å². The summed E-state index contributed by atoms with van der Waals surface area (Å²) >= 11 is 0. The van der Waals surface area contributed by atoms with Crippen LogP contribution in [0.25, 0.3) is 0 Å². The molecule has 3 heterocycles. The Morgan fingerprint density at radius 3 is 2.41 bits per heavy atom. The molecule has 1 unspecified atom stereocenters. The molecule has 22 heavy (non-hydrogen) atoms. The van der Waals surface area contributed by atoms with Crippen molar-refractivity contribution in [3.8, 4) is 0 Å². The second-order valence-corrected chi connectivity index (χ2v) is 4.83. The summed E-state index contributed by atoms with van der Waals surface area (Å²) in [5, 5.41) is 7.57. The van der Waals surface area contributed by atoms with Crippen molar-refractivity contribution in [2.75, 3.05) is 37.8 Å². The van der Waals surface area contributed by atoms with Crippen LogP contribution in [0.5, 0.6) is 0 Å². The first-order valence-corrected chi connectivity index (χ1v) is 8.10. The van der Waals surface area contributed by atoms with E-state index >= 15 is 0 Å². The molecule has 0 aliphatic carbocycles. The number of aliphatic hydroxyl groups is 1. The van der Waals surface area contributed by atoms with E-state index in [9.17, 15) is 0 Å². The molecule has 0 spiro atoms. The highest BCUT2D eigenvalue weighted by Crippen LogP contribution is 2.34. The lowest BCUT2D eigenvalue weighted by Gasteiger charge is -2.29. The predicted octanol–water partition coefficient (Wildman–Crippen LogP) is 2.24. The number of anilines is 1. The molecule has 2 aliphatic heterocycles. The van der Waals surface area contributed by atoms with Crippen molar-refractivity contribution in [2.45, 2.75) is 47.3 Å². The predicted molar refractivity (Wildman–Crippen MR) is 87.1 cm³/mol. The summed E-state index contributed by atoms with van der Waals surface area (Å²) < 4.78 is 11.0. The van der Waals surface area contributed by atoms with Gasteiger partial charge in [-0.25, -0.2) is 9.97 Å². The van der Waals surface area contributed by atoms with Crippen LogP contribution in [0.1, 0.15) is 50.9 Å². The van der Waals surface area contributed by atoms with E-state index < -0.39 is 0 Å². The molecule has 1 saturated heterocycles. The maximum absolute atomic E-state index is 7.57. The smallest absolute Gasteiger partial charge is 0.138 e. The highest BCUT2D eigenvalue weighted by molar-refractivity contribution is 5.51. The Morgan fingerprint density at radius 2 is 1.82 bits per heavy atom. The molecule has 0 aromatic carbocycles. The third-order valence-corrected chi connectivity index (χ3v) is 3.30. The largest absolute Gasteiger partial charge is 0.397 e. The first kappa shape index (κ1) is 18.8. The van der Waals surface area contributed by atoms with Crippen molar-refractivity contribution >= 4 is 5.82 Å². The molecular weight excluding hydrogens is 282 g/mol. The number of rotatable bonds is 1. The number of hydrogen-bond donors (Lipinski definition) is 1. The normalized spacial score (nSPS) is 19.5. The summed E-state index contributed by atoms with van der Waals surface area (Å²) in [5.41, 5.74) is 2.21. The van der Waals surface area contributed by atoms with Gasteiger partial charge in [0.25, 0.3) is 0 Å². The quantitative estimate of drug-likeness (QED) is 0.858. The number of morpholine rings is 1. The van der Waals surface area contributed by atoms with Gasteiger partial charge in [-0.3, -0.25) is 0 Å². The molecule has 6 heteroatoms. The molecule has 6 nitrogen and oxygen atoms in total.